The lowest BCUT2D eigenvalue weighted by atomic mass is 10.1. The molecule has 1 amide bonds. The number of hydrogen-bond donors (Lipinski definition) is 2. The van der Waals surface area contributed by atoms with Gasteiger partial charge in [-0.25, -0.2) is 4.79 Å². The van der Waals surface area contributed by atoms with Crippen molar-refractivity contribution in [3.63, 3.8) is 0 Å². The first-order chi connectivity index (χ1) is 12.8. The second-order valence-electron chi connectivity index (χ2n) is 5.56. The molecular weight excluding hydrogens is 356 g/mol. The van der Waals surface area contributed by atoms with Gasteiger partial charge in [-0.15, -0.1) is 0 Å². The smallest absolute Gasteiger partial charge is 0.341 e. The van der Waals surface area contributed by atoms with Crippen molar-refractivity contribution in [1.29, 1.82) is 0 Å². The number of amides is 1. The van der Waals surface area contributed by atoms with Crippen LogP contribution in [-0.2, 0) is 14.4 Å². The van der Waals surface area contributed by atoms with E-state index in [1.54, 1.807) is 11.9 Å². The van der Waals surface area contributed by atoms with Crippen molar-refractivity contribution in [2.75, 3.05) is 27.7 Å². The predicted octanol–water partition coefficient (Wildman–Crippen LogP) is 0.417. The van der Waals surface area contributed by atoms with Crippen LogP contribution in [0.15, 0.2) is 18.2 Å². The zero-order valence-corrected chi connectivity index (χ0v) is 15.5. The fourth-order valence-corrected chi connectivity index (χ4v) is 1.91. The lowest BCUT2D eigenvalue weighted by molar-refractivity contribution is -0.139. The van der Waals surface area contributed by atoms with Crippen molar-refractivity contribution in [2.45, 2.75) is 18.9 Å². The summed E-state index contributed by atoms with van der Waals surface area (Å²) in [4.78, 5) is 54.5. The van der Waals surface area contributed by atoms with E-state index in [0.29, 0.717) is 25.4 Å². The Morgan fingerprint density at radius 2 is 1.89 bits per heavy atom. The van der Waals surface area contributed by atoms with Crippen LogP contribution in [0.25, 0.3) is 0 Å². The lowest BCUT2D eigenvalue weighted by Gasteiger charge is -2.17. The van der Waals surface area contributed by atoms with Gasteiger partial charge in [-0.2, -0.15) is 0 Å². The Balaban J connectivity index is 0.000000516. The molecule has 0 aliphatic rings. The number of benzene rings is 1. The molecule has 1 rings (SSSR count). The SMILES string of the molecule is CNC(=O)CCC(C=O)N(C)C.O=Cc1cccc(OCC(=O)O)c1C=O. The number of carboxylic acids is 1. The number of aldehydes is 3. The molecule has 0 saturated carbocycles. The zero-order chi connectivity index (χ0) is 20.8. The molecule has 148 valence electrons. The Morgan fingerprint density at radius 3 is 2.33 bits per heavy atom. The predicted molar refractivity (Wildman–Crippen MR) is 97.2 cm³/mol. The van der Waals surface area contributed by atoms with Crippen LogP contribution in [0, 0.1) is 0 Å². The minimum atomic E-state index is -1.15. The van der Waals surface area contributed by atoms with Gasteiger partial charge in [-0.1, -0.05) is 12.1 Å². The van der Waals surface area contributed by atoms with E-state index >= 15 is 0 Å². The molecule has 1 unspecified atom stereocenters. The fraction of sp³-hybridized carbons (Fsp3) is 0.389. The van der Waals surface area contributed by atoms with E-state index in [0.717, 1.165) is 6.29 Å². The third-order valence-electron chi connectivity index (χ3n) is 3.46. The van der Waals surface area contributed by atoms with Gasteiger partial charge in [-0.3, -0.25) is 19.3 Å². The van der Waals surface area contributed by atoms with Crippen LogP contribution in [0.5, 0.6) is 5.75 Å². The summed E-state index contributed by atoms with van der Waals surface area (Å²) >= 11 is 0. The second-order valence-corrected chi connectivity index (χ2v) is 5.56. The number of likely N-dealkylation sites (N-methyl/N-ethyl adjacent to an activating group) is 1. The molecule has 2 N–H and O–H groups in total. The van der Waals surface area contributed by atoms with Gasteiger partial charge in [0.1, 0.15) is 12.0 Å². The van der Waals surface area contributed by atoms with E-state index in [9.17, 15) is 24.0 Å². The van der Waals surface area contributed by atoms with Crippen LogP contribution in [0.4, 0.5) is 0 Å². The van der Waals surface area contributed by atoms with Gasteiger partial charge in [0.25, 0.3) is 0 Å². The molecule has 0 radical (unpaired) electrons. The van der Waals surface area contributed by atoms with E-state index in [-0.39, 0.29) is 28.8 Å². The molecule has 0 bridgehead atoms. The average molecular weight is 380 g/mol. The van der Waals surface area contributed by atoms with Crippen LogP contribution in [0.3, 0.4) is 0 Å². The summed E-state index contributed by atoms with van der Waals surface area (Å²) in [5.41, 5.74) is 0.238. The summed E-state index contributed by atoms with van der Waals surface area (Å²) in [7, 11) is 5.24. The Labute approximate surface area is 157 Å². The Morgan fingerprint density at radius 1 is 1.22 bits per heavy atom. The largest absolute Gasteiger partial charge is 0.481 e. The molecule has 9 nitrogen and oxygen atoms in total. The molecule has 27 heavy (non-hydrogen) atoms. The number of carboxylic acid groups (broad SMARTS) is 1. The first kappa shape index (κ1) is 23.9. The first-order valence-electron chi connectivity index (χ1n) is 8.00. The highest BCUT2D eigenvalue weighted by molar-refractivity contribution is 5.93. The number of aliphatic carboxylic acids is 1. The van der Waals surface area contributed by atoms with Crippen molar-refractivity contribution >= 4 is 30.7 Å². The highest BCUT2D eigenvalue weighted by Gasteiger charge is 2.11. The first-order valence-corrected chi connectivity index (χ1v) is 8.00. The molecule has 0 fully saturated rings. The summed E-state index contributed by atoms with van der Waals surface area (Å²) < 4.78 is 4.84. The highest BCUT2D eigenvalue weighted by Crippen LogP contribution is 2.19. The van der Waals surface area contributed by atoms with Crippen LogP contribution >= 0.6 is 0 Å². The Kier molecular flexibility index (Phi) is 11.7. The van der Waals surface area contributed by atoms with E-state index in [4.69, 9.17) is 9.84 Å². The average Bonchev–Trinajstić information content (AvgIpc) is 2.66. The van der Waals surface area contributed by atoms with Crippen molar-refractivity contribution < 1.29 is 33.8 Å². The number of hydrogen-bond acceptors (Lipinski definition) is 7. The number of carbonyl (C=O) groups excluding carboxylic acids is 4. The van der Waals surface area contributed by atoms with E-state index < -0.39 is 12.6 Å². The van der Waals surface area contributed by atoms with Gasteiger partial charge >= 0.3 is 5.97 Å². The van der Waals surface area contributed by atoms with Crippen LogP contribution in [-0.4, -0.2) is 74.5 Å². The summed E-state index contributed by atoms with van der Waals surface area (Å²) in [5.74, 6) is -1.08. The standard InChI is InChI=1S/C10H8O5.C8H16N2O2/c11-4-7-2-1-3-9(8(7)5-12)15-6-10(13)14;1-9-8(12)5-4-7(6-11)10(2)3/h1-5H,6H2,(H,13,14);6-7H,4-5H2,1-3H3,(H,9,12). The molecule has 1 aromatic carbocycles. The lowest BCUT2D eigenvalue weighted by Crippen LogP contribution is -2.31. The van der Waals surface area contributed by atoms with Gasteiger partial charge < -0.3 is 20.0 Å². The van der Waals surface area contributed by atoms with Crippen molar-refractivity contribution in [1.82, 2.24) is 10.2 Å². The highest BCUT2D eigenvalue weighted by atomic mass is 16.5. The maximum absolute atomic E-state index is 10.8. The van der Waals surface area contributed by atoms with Crippen molar-refractivity contribution in [3.05, 3.63) is 29.3 Å². The molecule has 1 atom stereocenters. The van der Waals surface area contributed by atoms with Crippen LogP contribution in [0.1, 0.15) is 33.6 Å². The minimum Gasteiger partial charge on any atom is -0.481 e. The van der Waals surface area contributed by atoms with E-state index in [1.165, 1.54) is 18.2 Å². The zero-order valence-electron chi connectivity index (χ0n) is 15.5. The molecule has 0 aliphatic carbocycles. The summed E-state index contributed by atoms with van der Waals surface area (Å²) in [6.45, 7) is -0.552. The van der Waals surface area contributed by atoms with Gasteiger partial charge in [0, 0.05) is 19.0 Å². The minimum absolute atomic E-state index is 0.0244. The Hall–Kier alpha value is -3.07. The molecule has 0 saturated heterocycles. The molecule has 0 heterocycles. The second kappa shape index (κ2) is 13.2. The van der Waals surface area contributed by atoms with Gasteiger partial charge in [0.15, 0.2) is 19.2 Å². The molecule has 0 spiro atoms. The fourth-order valence-electron chi connectivity index (χ4n) is 1.91. The molecule has 1 aromatic rings. The summed E-state index contributed by atoms with van der Waals surface area (Å²) in [6.07, 6.45) is 2.81. The number of nitrogens with zero attached hydrogens (tertiary/aromatic N) is 1. The third kappa shape index (κ3) is 9.26. The normalized spacial score (nSPS) is 10.8. The maximum atomic E-state index is 10.8. The van der Waals surface area contributed by atoms with Crippen molar-refractivity contribution in [3.8, 4) is 5.75 Å². The van der Waals surface area contributed by atoms with Crippen molar-refractivity contribution in [2.24, 2.45) is 0 Å². The molecular formula is C18H24N2O7. The molecule has 0 aliphatic heterocycles. The number of ether oxygens (including phenoxy) is 1. The number of carbonyl (C=O) groups is 5. The van der Waals surface area contributed by atoms with Gasteiger partial charge in [-0.05, 0) is 26.6 Å². The maximum Gasteiger partial charge on any atom is 0.341 e. The van der Waals surface area contributed by atoms with E-state index in [1.807, 2.05) is 14.1 Å². The van der Waals surface area contributed by atoms with Crippen LogP contribution < -0.4 is 10.1 Å². The molecule has 0 aromatic heterocycles. The van der Waals surface area contributed by atoms with Gasteiger partial charge in [0.05, 0.1) is 11.6 Å². The monoisotopic (exact) mass is 380 g/mol. The quantitative estimate of drug-likeness (QED) is 0.559. The summed E-state index contributed by atoms with van der Waals surface area (Å²) in [6, 6.07) is 4.24. The van der Waals surface area contributed by atoms with Crippen LogP contribution in [0.2, 0.25) is 0 Å². The molecule has 9 heteroatoms. The topological polar surface area (TPSA) is 130 Å². The number of rotatable bonds is 10. The number of nitrogens with one attached hydrogen (secondary N) is 1. The Bertz CT molecular complexity index is 659. The third-order valence-corrected chi connectivity index (χ3v) is 3.46. The summed E-state index contributed by atoms with van der Waals surface area (Å²) in [5, 5.41) is 10.9. The van der Waals surface area contributed by atoms with E-state index in [2.05, 4.69) is 5.32 Å². The van der Waals surface area contributed by atoms with Gasteiger partial charge in [0.2, 0.25) is 5.91 Å².